The van der Waals surface area contributed by atoms with Crippen molar-refractivity contribution in [2.45, 2.75) is 13.3 Å². The van der Waals surface area contributed by atoms with E-state index in [1.807, 2.05) is 43.4 Å². The second-order valence-electron chi connectivity index (χ2n) is 6.08. The van der Waals surface area contributed by atoms with Gasteiger partial charge < -0.3 is 14.1 Å². The lowest BCUT2D eigenvalue weighted by atomic mass is 10.0. The van der Waals surface area contributed by atoms with Gasteiger partial charge in [0.05, 0.1) is 13.5 Å². The molecule has 0 fully saturated rings. The Hall–Kier alpha value is -3.08. The number of hydrogen-bond acceptors (Lipinski definition) is 5. The predicted octanol–water partition coefficient (Wildman–Crippen LogP) is 4.06. The molecule has 0 aliphatic heterocycles. The van der Waals surface area contributed by atoms with E-state index in [1.165, 1.54) is 7.11 Å². The van der Waals surface area contributed by atoms with Gasteiger partial charge >= 0.3 is 5.97 Å². The third-order valence-electron chi connectivity index (χ3n) is 4.40. The topological polar surface area (TPSA) is 55.6 Å². The number of carbonyl (C=O) groups is 1. The molecule has 0 radical (unpaired) electrons. The zero-order valence-electron chi connectivity index (χ0n) is 15.3. The highest BCUT2D eigenvalue weighted by Crippen LogP contribution is 2.31. The number of benzene rings is 2. The minimum absolute atomic E-state index is 0.202. The summed E-state index contributed by atoms with van der Waals surface area (Å²) in [6.07, 6.45) is 0.202. The van der Waals surface area contributed by atoms with Crippen LogP contribution in [0.3, 0.4) is 0 Å². The molecule has 3 aromatic rings. The maximum absolute atomic E-state index is 11.5. The van der Waals surface area contributed by atoms with E-state index in [0.29, 0.717) is 11.5 Å². The van der Waals surface area contributed by atoms with Crippen LogP contribution in [-0.2, 0) is 16.0 Å². The normalized spacial score (nSPS) is 10.7. The van der Waals surface area contributed by atoms with Crippen molar-refractivity contribution in [3.8, 4) is 0 Å². The largest absolute Gasteiger partial charge is 0.469 e. The molecule has 0 saturated carbocycles. The lowest BCUT2D eigenvalue weighted by Crippen LogP contribution is -2.17. The molecular weight excluding hydrogens is 328 g/mol. The molecule has 2 aromatic carbocycles. The van der Waals surface area contributed by atoms with Gasteiger partial charge in [-0.1, -0.05) is 30.8 Å². The Morgan fingerprint density at radius 1 is 1.27 bits per heavy atom. The number of oxazole rings is 1. The average molecular weight is 350 g/mol. The molecule has 0 bridgehead atoms. The van der Waals surface area contributed by atoms with E-state index < -0.39 is 0 Å². The molecule has 1 aromatic heterocycles. The van der Waals surface area contributed by atoms with Crippen LogP contribution in [-0.4, -0.2) is 31.7 Å². The van der Waals surface area contributed by atoms with Crippen LogP contribution < -0.4 is 4.90 Å². The molecule has 26 heavy (non-hydrogen) atoms. The van der Waals surface area contributed by atoms with E-state index in [-0.39, 0.29) is 12.4 Å². The third-order valence-corrected chi connectivity index (χ3v) is 4.40. The van der Waals surface area contributed by atoms with E-state index in [4.69, 9.17) is 9.15 Å². The fourth-order valence-electron chi connectivity index (χ4n) is 2.79. The van der Waals surface area contributed by atoms with Crippen LogP contribution in [0.5, 0.6) is 0 Å². The van der Waals surface area contributed by atoms with E-state index in [9.17, 15) is 4.79 Å². The van der Waals surface area contributed by atoms with Gasteiger partial charge in [-0.05, 0) is 30.7 Å². The van der Waals surface area contributed by atoms with Gasteiger partial charge in [-0.25, -0.2) is 4.98 Å². The number of rotatable bonds is 6. The van der Waals surface area contributed by atoms with Crippen LogP contribution in [0.2, 0.25) is 0 Å². The SMILES string of the molecule is C=C(c1nc2ccc(CC(=O)OC)cc2o1)c1ccccc1N(C)CC. The standard InChI is InChI=1S/C21H22N2O3/c1-5-23(3)18-9-7-6-8-16(18)14(2)21-22-17-11-10-15(12-19(17)26-21)13-20(24)25-4/h6-12H,2,5,13H2,1,3-4H3. The van der Waals surface area contributed by atoms with Gasteiger partial charge in [0.1, 0.15) is 5.52 Å². The number of ether oxygens (including phenoxy) is 1. The first-order valence-electron chi connectivity index (χ1n) is 8.49. The van der Waals surface area contributed by atoms with Crippen molar-refractivity contribution in [2.75, 3.05) is 25.6 Å². The van der Waals surface area contributed by atoms with Gasteiger partial charge in [-0.3, -0.25) is 4.79 Å². The molecular formula is C21H22N2O3. The lowest BCUT2D eigenvalue weighted by molar-refractivity contribution is -0.139. The fraction of sp³-hybridized carbons (Fsp3) is 0.238. The van der Waals surface area contributed by atoms with Crippen molar-refractivity contribution in [1.29, 1.82) is 0 Å². The molecule has 0 N–H and O–H groups in total. The molecule has 0 aliphatic carbocycles. The molecule has 5 heteroatoms. The summed E-state index contributed by atoms with van der Waals surface area (Å²) in [5, 5.41) is 0. The molecule has 0 aliphatic rings. The van der Waals surface area contributed by atoms with E-state index in [0.717, 1.165) is 34.4 Å². The summed E-state index contributed by atoms with van der Waals surface area (Å²) in [5.41, 5.74) is 4.97. The van der Waals surface area contributed by atoms with Crippen molar-refractivity contribution in [2.24, 2.45) is 0 Å². The Morgan fingerprint density at radius 3 is 2.77 bits per heavy atom. The fourth-order valence-corrected chi connectivity index (χ4v) is 2.79. The summed E-state index contributed by atoms with van der Waals surface area (Å²) in [5.74, 6) is 0.192. The highest BCUT2D eigenvalue weighted by molar-refractivity contribution is 5.85. The van der Waals surface area contributed by atoms with E-state index in [1.54, 1.807) is 0 Å². The Balaban J connectivity index is 1.96. The number of hydrogen-bond donors (Lipinski definition) is 0. The van der Waals surface area contributed by atoms with Gasteiger partial charge in [-0.2, -0.15) is 0 Å². The van der Waals surface area contributed by atoms with Crippen molar-refractivity contribution in [3.05, 3.63) is 66.1 Å². The second kappa shape index (κ2) is 7.44. The molecule has 0 saturated heterocycles. The number of fused-ring (bicyclic) bond motifs is 1. The van der Waals surface area contributed by atoms with E-state index >= 15 is 0 Å². The third kappa shape index (κ3) is 3.47. The molecule has 1 heterocycles. The number of methoxy groups -OCH3 is 1. The Labute approximate surface area is 152 Å². The van der Waals surface area contributed by atoms with Crippen LogP contribution in [0, 0.1) is 0 Å². The van der Waals surface area contributed by atoms with Gasteiger partial charge in [-0.15, -0.1) is 0 Å². The summed E-state index contributed by atoms with van der Waals surface area (Å²) in [7, 11) is 3.42. The van der Waals surface area contributed by atoms with Gasteiger partial charge in [0.15, 0.2) is 5.58 Å². The lowest BCUT2D eigenvalue weighted by Gasteiger charge is -2.20. The minimum Gasteiger partial charge on any atom is -0.469 e. The first kappa shape index (κ1) is 17.7. The summed E-state index contributed by atoms with van der Waals surface area (Å²) in [6.45, 7) is 7.18. The quantitative estimate of drug-likeness (QED) is 0.628. The molecule has 0 spiro atoms. The monoisotopic (exact) mass is 350 g/mol. The first-order chi connectivity index (χ1) is 12.5. The van der Waals surface area contributed by atoms with Gasteiger partial charge in [0.2, 0.25) is 5.89 Å². The highest BCUT2D eigenvalue weighted by Gasteiger charge is 2.16. The van der Waals surface area contributed by atoms with Gasteiger partial charge in [0, 0.05) is 30.4 Å². The number of anilines is 1. The van der Waals surface area contributed by atoms with Crippen LogP contribution in [0.25, 0.3) is 16.7 Å². The Bertz CT molecular complexity index is 959. The average Bonchev–Trinajstić information content (AvgIpc) is 3.10. The molecule has 134 valence electrons. The van der Waals surface area contributed by atoms with Crippen LogP contribution in [0.1, 0.15) is 23.9 Å². The van der Waals surface area contributed by atoms with Crippen LogP contribution in [0.15, 0.2) is 53.5 Å². The van der Waals surface area contributed by atoms with Crippen molar-refractivity contribution in [3.63, 3.8) is 0 Å². The molecule has 0 amide bonds. The number of aromatic nitrogens is 1. The second-order valence-corrected chi connectivity index (χ2v) is 6.08. The number of para-hydroxylation sites is 1. The predicted molar refractivity (Wildman–Crippen MR) is 103 cm³/mol. The summed E-state index contributed by atoms with van der Waals surface area (Å²) < 4.78 is 10.6. The Kier molecular flexibility index (Phi) is 5.07. The molecule has 3 rings (SSSR count). The van der Waals surface area contributed by atoms with Crippen LogP contribution >= 0.6 is 0 Å². The van der Waals surface area contributed by atoms with Crippen LogP contribution in [0.4, 0.5) is 5.69 Å². The van der Waals surface area contributed by atoms with E-state index in [2.05, 4.69) is 29.5 Å². The smallest absolute Gasteiger partial charge is 0.309 e. The zero-order valence-corrected chi connectivity index (χ0v) is 15.3. The van der Waals surface area contributed by atoms with Crippen molar-refractivity contribution >= 4 is 28.3 Å². The highest BCUT2D eigenvalue weighted by atomic mass is 16.5. The van der Waals surface area contributed by atoms with Gasteiger partial charge in [0.25, 0.3) is 0 Å². The first-order valence-corrected chi connectivity index (χ1v) is 8.49. The molecule has 0 unspecified atom stereocenters. The summed E-state index contributed by atoms with van der Waals surface area (Å²) in [6, 6.07) is 13.6. The number of carbonyl (C=O) groups excluding carboxylic acids is 1. The van der Waals surface area contributed by atoms with Crippen molar-refractivity contribution in [1.82, 2.24) is 4.98 Å². The maximum Gasteiger partial charge on any atom is 0.309 e. The zero-order chi connectivity index (χ0) is 18.7. The summed E-state index contributed by atoms with van der Waals surface area (Å²) in [4.78, 5) is 18.2. The molecule has 0 atom stereocenters. The minimum atomic E-state index is -0.287. The Morgan fingerprint density at radius 2 is 2.04 bits per heavy atom. The molecule has 5 nitrogen and oxygen atoms in total. The van der Waals surface area contributed by atoms with Crippen molar-refractivity contribution < 1.29 is 13.9 Å². The number of esters is 1. The summed E-state index contributed by atoms with van der Waals surface area (Å²) >= 11 is 0. The maximum atomic E-state index is 11.5. The number of nitrogens with zero attached hydrogens (tertiary/aromatic N) is 2.